The van der Waals surface area contributed by atoms with Gasteiger partial charge in [-0.2, -0.15) is 0 Å². The lowest BCUT2D eigenvalue weighted by molar-refractivity contribution is -0.126. The number of ether oxygens (including phenoxy) is 1. The number of likely N-dealkylation sites (N-methyl/N-ethyl adjacent to an activating group) is 1. The molecule has 0 aliphatic rings. The average molecular weight is 403 g/mol. The second-order valence-corrected chi connectivity index (χ2v) is 7.54. The molecule has 0 bridgehead atoms. The molecular formula is C16H16Cl2N2O4S. The fraction of sp³-hybridized carbons (Fsp3) is 0.188. The minimum atomic E-state index is -3.88. The summed E-state index contributed by atoms with van der Waals surface area (Å²) in [6.07, 6.45) is -0.701. The first-order chi connectivity index (χ1) is 11.7. The smallest absolute Gasteiger partial charge is 0.261 e. The molecule has 9 heteroatoms. The van der Waals surface area contributed by atoms with Crippen molar-refractivity contribution in [1.29, 1.82) is 0 Å². The van der Waals surface area contributed by atoms with Crippen molar-refractivity contribution in [2.45, 2.75) is 17.9 Å². The molecule has 6 nitrogen and oxygen atoms in total. The second-order valence-electron chi connectivity index (χ2n) is 5.05. The van der Waals surface area contributed by atoms with Crippen LogP contribution in [0.1, 0.15) is 6.92 Å². The number of halogens is 2. The molecule has 2 N–H and O–H groups in total. The first-order valence-electron chi connectivity index (χ1n) is 7.19. The van der Waals surface area contributed by atoms with Gasteiger partial charge in [-0.05, 0) is 43.3 Å². The Kier molecular flexibility index (Phi) is 6.16. The third kappa shape index (κ3) is 4.78. The number of rotatable bonds is 6. The molecular weight excluding hydrogens is 387 g/mol. The topological polar surface area (TPSA) is 84.5 Å². The zero-order valence-corrected chi connectivity index (χ0v) is 15.7. The molecule has 134 valence electrons. The summed E-state index contributed by atoms with van der Waals surface area (Å²) in [5.41, 5.74) is 0.111. The first kappa shape index (κ1) is 19.4. The van der Waals surface area contributed by atoms with Crippen molar-refractivity contribution in [3.63, 3.8) is 0 Å². The minimum Gasteiger partial charge on any atom is -0.481 e. The van der Waals surface area contributed by atoms with Crippen LogP contribution in [0.3, 0.4) is 0 Å². The van der Waals surface area contributed by atoms with Gasteiger partial charge >= 0.3 is 0 Å². The van der Waals surface area contributed by atoms with Crippen LogP contribution in [0.2, 0.25) is 10.0 Å². The van der Waals surface area contributed by atoms with E-state index < -0.39 is 16.1 Å². The molecule has 0 spiro atoms. The number of hydrogen-bond donors (Lipinski definition) is 2. The highest BCUT2D eigenvalue weighted by atomic mass is 35.5. The molecule has 2 aromatic carbocycles. The molecule has 2 rings (SSSR count). The van der Waals surface area contributed by atoms with Gasteiger partial charge in [-0.25, -0.2) is 8.42 Å². The zero-order chi connectivity index (χ0) is 18.6. The molecule has 0 heterocycles. The number of anilines is 1. The van der Waals surface area contributed by atoms with Crippen molar-refractivity contribution in [3.8, 4) is 5.75 Å². The van der Waals surface area contributed by atoms with Gasteiger partial charge in [0.1, 0.15) is 5.75 Å². The Morgan fingerprint density at radius 1 is 1.08 bits per heavy atom. The Bertz CT molecular complexity index is 850. The molecule has 0 aliphatic carbocycles. The van der Waals surface area contributed by atoms with Gasteiger partial charge in [-0.15, -0.1) is 0 Å². The Hall–Kier alpha value is -1.96. The Labute approximate surface area is 156 Å². The maximum Gasteiger partial charge on any atom is 0.261 e. The lowest BCUT2D eigenvalue weighted by Gasteiger charge is -2.14. The summed E-state index contributed by atoms with van der Waals surface area (Å²) in [6, 6.07) is 10.3. The number of para-hydroxylation sites is 1. The van der Waals surface area contributed by atoms with E-state index in [1.54, 1.807) is 13.0 Å². The van der Waals surface area contributed by atoms with E-state index in [9.17, 15) is 13.2 Å². The van der Waals surface area contributed by atoms with Gasteiger partial charge in [-0.1, -0.05) is 29.3 Å². The van der Waals surface area contributed by atoms with Crippen molar-refractivity contribution < 1.29 is 17.9 Å². The molecule has 25 heavy (non-hydrogen) atoms. The van der Waals surface area contributed by atoms with Crippen molar-refractivity contribution in [3.05, 3.63) is 52.5 Å². The maximum absolute atomic E-state index is 12.5. The van der Waals surface area contributed by atoms with E-state index in [1.165, 1.54) is 43.4 Å². The maximum atomic E-state index is 12.5. The van der Waals surface area contributed by atoms with Crippen molar-refractivity contribution in [1.82, 2.24) is 5.32 Å². The monoisotopic (exact) mass is 402 g/mol. The lowest BCUT2D eigenvalue weighted by Crippen LogP contribution is -2.33. The average Bonchev–Trinajstić information content (AvgIpc) is 2.58. The third-order valence-electron chi connectivity index (χ3n) is 3.26. The van der Waals surface area contributed by atoms with E-state index in [2.05, 4.69) is 10.0 Å². The van der Waals surface area contributed by atoms with E-state index in [1.807, 2.05) is 0 Å². The van der Waals surface area contributed by atoms with E-state index in [-0.39, 0.29) is 26.5 Å². The summed E-state index contributed by atoms with van der Waals surface area (Å²) >= 11 is 12.0. The number of sulfonamides is 1. The molecule has 0 aliphatic heterocycles. The number of hydrogen-bond acceptors (Lipinski definition) is 4. The Morgan fingerprint density at radius 2 is 1.64 bits per heavy atom. The number of amides is 1. The third-order valence-corrected chi connectivity index (χ3v) is 5.26. The van der Waals surface area contributed by atoms with Gasteiger partial charge < -0.3 is 10.1 Å². The van der Waals surface area contributed by atoms with Gasteiger partial charge in [0.25, 0.3) is 15.9 Å². The van der Waals surface area contributed by atoms with Crippen LogP contribution < -0.4 is 14.8 Å². The van der Waals surface area contributed by atoms with E-state index in [4.69, 9.17) is 27.9 Å². The van der Waals surface area contributed by atoms with Gasteiger partial charge in [0, 0.05) is 7.05 Å². The fourth-order valence-electron chi connectivity index (χ4n) is 1.95. The summed E-state index contributed by atoms with van der Waals surface area (Å²) in [6.45, 7) is 1.59. The molecule has 1 amide bonds. The second kappa shape index (κ2) is 7.95. The highest BCUT2D eigenvalue weighted by Gasteiger charge is 2.18. The number of carbonyl (C=O) groups excluding carboxylic acids is 1. The molecule has 0 unspecified atom stereocenters. The van der Waals surface area contributed by atoms with Crippen LogP contribution in [0.4, 0.5) is 5.69 Å². The van der Waals surface area contributed by atoms with Crippen LogP contribution in [0, 0.1) is 0 Å². The zero-order valence-electron chi connectivity index (χ0n) is 13.4. The summed E-state index contributed by atoms with van der Waals surface area (Å²) < 4.78 is 32.7. The van der Waals surface area contributed by atoms with Crippen molar-refractivity contribution in [2.24, 2.45) is 0 Å². The molecule has 0 aromatic heterocycles. The number of benzene rings is 2. The molecule has 0 fully saturated rings. The largest absolute Gasteiger partial charge is 0.481 e. The van der Waals surface area contributed by atoms with Gasteiger partial charge in [0.05, 0.1) is 20.6 Å². The van der Waals surface area contributed by atoms with E-state index >= 15 is 0 Å². The highest BCUT2D eigenvalue weighted by molar-refractivity contribution is 7.92. The van der Waals surface area contributed by atoms with Crippen LogP contribution >= 0.6 is 23.2 Å². The van der Waals surface area contributed by atoms with E-state index in [0.29, 0.717) is 5.75 Å². The van der Waals surface area contributed by atoms with Crippen LogP contribution in [0.15, 0.2) is 47.4 Å². The standard InChI is InChI=1S/C16H16Cl2N2O4S/c1-10(16(21)19-2)24-11-6-8-12(9-7-11)25(22,23)20-15-13(17)4-3-5-14(15)18/h3-10,20H,1-2H3,(H,19,21)/t10-/m0/s1. The molecule has 0 radical (unpaired) electrons. The minimum absolute atomic E-state index is 0.00318. The van der Waals surface area contributed by atoms with Gasteiger partial charge in [0.2, 0.25) is 0 Å². The predicted octanol–water partition coefficient (Wildman–Crippen LogP) is 3.31. The number of nitrogens with one attached hydrogen (secondary N) is 2. The predicted molar refractivity (Wildman–Crippen MR) is 97.9 cm³/mol. The van der Waals surface area contributed by atoms with Gasteiger partial charge in [0.15, 0.2) is 6.10 Å². The fourth-order valence-corrected chi connectivity index (χ4v) is 3.65. The van der Waals surface area contributed by atoms with E-state index in [0.717, 1.165) is 0 Å². The van der Waals surface area contributed by atoms with Crippen LogP contribution in [-0.2, 0) is 14.8 Å². The van der Waals surface area contributed by atoms with Crippen molar-refractivity contribution in [2.75, 3.05) is 11.8 Å². The first-order valence-corrected chi connectivity index (χ1v) is 9.43. The Balaban J connectivity index is 2.19. The molecule has 1 atom stereocenters. The summed E-state index contributed by atoms with van der Waals surface area (Å²) in [7, 11) is -2.37. The number of carbonyl (C=O) groups is 1. The summed E-state index contributed by atoms with van der Waals surface area (Å²) in [5.74, 6) is 0.0811. The summed E-state index contributed by atoms with van der Waals surface area (Å²) in [5, 5.41) is 2.84. The molecule has 0 saturated carbocycles. The van der Waals surface area contributed by atoms with Crippen molar-refractivity contribution >= 4 is 44.8 Å². The van der Waals surface area contributed by atoms with Crippen LogP contribution in [0.25, 0.3) is 0 Å². The molecule has 0 saturated heterocycles. The highest BCUT2D eigenvalue weighted by Crippen LogP contribution is 2.32. The summed E-state index contributed by atoms with van der Waals surface area (Å²) in [4.78, 5) is 11.4. The lowest BCUT2D eigenvalue weighted by atomic mass is 10.3. The van der Waals surface area contributed by atoms with Crippen LogP contribution in [-0.4, -0.2) is 27.5 Å². The van der Waals surface area contributed by atoms with Gasteiger partial charge in [-0.3, -0.25) is 9.52 Å². The quantitative estimate of drug-likeness (QED) is 0.775. The van der Waals surface area contributed by atoms with Crippen LogP contribution in [0.5, 0.6) is 5.75 Å². The normalized spacial score (nSPS) is 12.3. The molecule has 2 aromatic rings. The Morgan fingerprint density at radius 3 is 2.16 bits per heavy atom. The SMILES string of the molecule is CNC(=O)[C@H](C)Oc1ccc(S(=O)(=O)Nc2c(Cl)cccc2Cl)cc1.